The van der Waals surface area contributed by atoms with Crippen molar-refractivity contribution in [1.82, 2.24) is 5.32 Å². The van der Waals surface area contributed by atoms with Gasteiger partial charge in [0.1, 0.15) is 5.82 Å². The van der Waals surface area contributed by atoms with Gasteiger partial charge in [0.15, 0.2) is 0 Å². The zero-order valence-corrected chi connectivity index (χ0v) is 12.9. The van der Waals surface area contributed by atoms with Crippen LogP contribution in [0.4, 0.5) is 4.39 Å². The average molecular weight is 326 g/mol. The van der Waals surface area contributed by atoms with Gasteiger partial charge in [-0.15, -0.1) is 0 Å². The Bertz CT molecular complexity index is 643. The Kier molecular flexibility index (Phi) is 5.21. The molecular formula is C16H14Cl2FNO. The van der Waals surface area contributed by atoms with E-state index in [2.05, 4.69) is 5.32 Å². The lowest BCUT2D eigenvalue weighted by Gasteiger charge is -2.14. The summed E-state index contributed by atoms with van der Waals surface area (Å²) in [4.78, 5) is 12.0. The van der Waals surface area contributed by atoms with Crippen LogP contribution in [0.2, 0.25) is 10.0 Å². The van der Waals surface area contributed by atoms with Gasteiger partial charge in [-0.05, 0) is 42.3 Å². The molecule has 21 heavy (non-hydrogen) atoms. The highest BCUT2D eigenvalue weighted by atomic mass is 35.5. The van der Waals surface area contributed by atoms with E-state index in [1.54, 1.807) is 30.3 Å². The summed E-state index contributed by atoms with van der Waals surface area (Å²) in [7, 11) is 0. The van der Waals surface area contributed by atoms with E-state index in [1.165, 1.54) is 12.1 Å². The molecule has 0 radical (unpaired) electrons. The van der Waals surface area contributed by atoms with E-state index in [0.29, 0.717) is 15.6 Å². The van der Waals surface area contributed by atoms with Crippen LogP contribution in [0.15, 0.2) is 42.5 Å². The molecular weight excluding hydrogens is 312 g/mol. The molecule has 5 heteroatoms. The second-order valence-corrected chi connectivity index (χ2v) is 5.60. The fraction of sp³-hybridized carbons (Fsp3) is 0.188. The Labute approximate surface area is 132 Å². The van der Waals surface area contributed by atoms with Crippen molar-refractivity contribution in [2.45, 2.75) is 19.4 Å². The maximum absolute atomic E-state index is 12.9. The molecule has 0 spiro atoms. The standard InChI is InChI=1S/C16H14Cl2FNO/c1-10(11-3-6-14(19)7-4-11)20-16(21)8-12-2-5-13(17)9-15(12)18/h2-7,9-10H,8H2,1H3,(H,20,21). The molecule has 110 valence electrons. The number of rotatable bonds is 4. The Morgan fingerprint density at radius 3 is 2.48 bits per heavy atom. The molecule has 2 aromatic rings. The lowest BCUT2D eigenvalue weighted by Crippen LogP contribution is -2.28. The van der Waals surface area contributed by atoms with Crippen molar-refractivity contribution >= 4 is 29.1 Å². The number of amides is 1. The van der Waals surface area contributed by atoms with Crippen molar-refractivity contribution in [1.29, 1.82) is 0 Å². The molecule has 1 atom stereocenters. The largest absolute Gasteiger partial charge is 0.349 e. The molecule has 0 aliphatic rings. The third kappa shape index (κ3) is 4.45. The quantitative estimate of drug-likeness (QED) is 0.877. The zero-order valence-electron chi connectivity index (χ0n) is 11.4. The molecule has 1 unspecified atom stereocenters. The van der Waals surface area contributed by atoms with Crippen LogP contribution in [0.3, 0.4) is 0 Å². The van der Waals surface area contributed by atoms with Crippen molar-refractivity contribution in [2.75, 3.05) is 0 Å². The fourth-order valence-electron chi connectivity index (χ4n) is 1.97. The molecule has 0 aliphatic carbocycles. The summed E-state index contributed by atoms with van der Waals surface area (Å²) >= 11 is 11.9. The normalized spacial score (nSPS) is 12.0. The summed E-state index contributed by atoms with van der Waals surface area (Å²) in [5, 5.41) is 3.85. The number of carbonyl (C=O) groups is 1. The first-order chi connectivity index (χ1) is 9.95. The zero-order chi connectivity index (χ0) is 15.4. The topological polar surface area (TPSA) is 29.1 Å². The highest BCUT2D eigenvalue weighted by molar-refractivity contribution is 6.35. The molecule has 0 heterocycles. The van der Waals surface area contributed by atoms with Crippen LogP contribution in [0.1, 0.15) is 24.1 Å². The van der Waals surface area contributed by atoms with Gasteiger partial charge in [0.25, 0.3) is 0 Å². The molecule has 0 fully saturated rings. The Hall–Kier alpha value is -1.58. The molecule has 0 aromatic heterocycles. The van der Waals surface area contributed by atoms with Crippen LogP contribution < -0.4 is 5.32 Å². The number of carbonyl (C=O) groups excluding carboxylic acids is 1. The van der Waals surface area contributed by atoms with Crippen LogP contribution >= 0.6 is 23.2 Å². The van der Waals surface area contributed by atoms with Crippen LogP contribution in [0.5, 0.6) is 0 Å². The summed E-state index contributed by atoms with van der Waals surface area (Å²) in [6.45, 7) is 1.84. The maximum Gasteiger partial charge on any atom is 0.224 e. The number of nitrogens with one attached hydrogen (secondary N) is 1. The van der Waals surface area contributed by atoms with E-state index in [0.717, 1.165) is 5.56 Å². The van der Waals surface area contributed by atoms with Crippen LogP contribution in [0.25, 0.3) is 0 Å². The van der Waals surface area contributed by atoms with Gasteiger partial charge in [-0.3, -0.25) is 4.79 Å². The van der Waals surface area contributed by atoms with E-state index >= 15 is 0 Å². The highest BCUT2D eigenvalue weighted by Crippen LogP contribution is 2.21. The van der Waals surface area contributed by atoms with Crippen molar-refractivity contribution in [2.24, 2.45) is 0 Å². The van der Waals surface area contributed by atoms with Crippen molar-refractivity contribution < 1.29 is 9.18 Å². The predicted molar refractivity (Wildman–Crippen MR) is 83.1 cm³/mol. The van der Waals surface area contributed by atoms with Gasteiger partial charge in [-0.1, -0.05) is 41.4 Å². The Morgan fingerprint density at radius 2 is 1.86 bits per heavy atom. The first-order valence-corrected chi connectivity index (χ1v) is 7.20. The summed E-state index contributed by atoms with van der Waals surface area (Å²) in [5.41, 5.74) is 1.55. The van der Waals surface area contributed by atoms with Gasteiger partial charge in [0, 0.05) is 10.0 Å². The van der Waals surface area contributed by atoms with Gasteiger partial charge >= 0.3 is 0 Å². The van der Waals surface area contributed by atoms with E-state index < -0.39 is 0 Å². The first-order valence-electron chi connectivity index (χ1n) is 6.44. The molecule has 0 saturated heterocycles. The molecule has 2 rings (SSSR count). The fourth-order valence-corrected chi connectivity index (χ4v) is 2.44. The minimum Gasteiger partial charge on any atom is -0.349 e. The molecule has 0 aliphatic heterocycles. The van der Waals surface area contributed by atoms with E-state index in [9.17, 15) is 9.18 Å². The summed E-state index contributed by atoms with van der Waals surface area (Å²) < 4.78 is 12.9. The van der Waals surface area contributed by atoms with E-state index in [1.807, 2.05) is 6.92 Å². The van der Waals surface area contributed by atoms with E-state index in [-0.39, 0.29) is 24.2 Å². The second-order valence-electron chi connectivity index (χ2n) is 4.75. The minimum atomic E-state index is -0.301. The lowest BCUT2D eigenvalue weighted by atomic mass is 10.1. The predicted octanol–water partition coefficient (Wildman–Crippen LogP) is 4.55. The molecule has 1 N–H and O–H groups in total. The van der Waals surface area contributed by atoms with Gasteiger partial charge in [-0.25, -0.2) is 4.39 Å². The van der Waals surface area contributed by atoms with Crippen LogP contribution in [0, 0.1) is 5.82 Å². The third-order valence-electron chi connectivity index (χ3n) is 3.11. The number of hydrogen-bond acceptors (Lipinski definition) is 1. The SMILES string of the molecule is CC(NC(=O)Cc1ccc(Cl)cc1Cl)c1ccc(F)cc1. The lowest BCUT2D eigenvalue weighted by molar-refractivity contribution is -0.121. The Balaban J connectivity index is 1.99. The molecule has 1 amide bonds. The molecule has 2 nitrogen and oxygen atoms in total. The van der Waals surface area contributed by atoms with Gasteiger partial charge < -0.3 is 5.32 Å². The summed E-state index contributed by atoms with van der Waals surface area (Å²) in [6, 6.07) is 10.9. The number of hydrogen-bond donors (Lipinski definition) is 1. The van der Waals surface area contributed by atoms with Crippen molar-refractivity contribution in [3.8, 4) is 0 Å². The van der Waals surface area contributed by atoms with Gasteiger partial charge in [0.05, 0.1) is 12.5 Å². The van der Waals surface area contributed by atoms with Crippen LogP contribution in [-0.2, 0) is 11.2 Å². The maximum atomic E-state index is 12.9. The first kappa shape index (κ1) is 15.8. The summed E-state index contributed by atoms with van der Waals surface area (Å²) in [6.07, 6.45) is 0.168. The monoisotopic (exact) mass is 325 g/mol. The van der Waals surface area contributed by atoms with Gasteiger partial charge in [-0.2, -0.15) is 0 Å². The smallest absolute Gasteiger partial charge is 0.224 e. The highest BCUT2D eigenvalue weighted by Gasteiger charge is 2.12. The third-order valence-corrected chi connectivity index (χ3v) is 3.70. The second kappa shape index (κ2) is 6.92. The minimum absolute atomic E-state index is 0.156. The summed E-state index contributed by atoms with van der Waals surface area (Å²) in [5.74, 6) is -0.457. The van der Waals surface area contributed by atoms with Crippen LogP contribution in [-0.4, -0.2) is 5.91 Å². The van der Waals surface area contributed by atoms with Crippen molar-refractivity contribution in [3.63, 3.8) is 0 Å². The molecule has 2 aromatic carbocycles. The molecule has 0 saturated carbocycles. The average Bonchev–Trinajstić information content (AvgIpc) is 2.42. The van der Waals surface area contributed by atoms with Crippen molar-refractivity contribution in [3.05, 3.63) is 69.5 Å². The number of benzene rings is 2. The van der Waals surface area contributed by atoms with E-state index in [4.69, 9.17) is 23.2 Å². The van der Waals surface area contributed by atoms with Gasteiger partial charge in [0.2, 0.25) is 5.91 Å². The molecule has 0 bridgehead atoms. The number of halogens is 3. The Morgan fingerprint density at radius 1 is 1.19 bits per heavy atom.